The molecule has 25 heavy (non-hydrogen) atoms. The van der Waals surface area contributed by atoms with E-state index in [1.165, 1.54) is 7.11 Å². The highest BCUT2D eigenvalue weighted by atomic mass is 31.2. The summed E-state index contributed by atoms with van der Waals surface area (Å²) in [5.74, 6) is 0.428. The summed E-state index contributed by atoms with van der Waals surface area (Å²) in [6.45, 7) is 12.1. The van der Waals surface area contributed by atoms with Crippen molar-refractivity contribution in [3.63, 3.8) is 0 Å². The van der Waals surface area contributed by atoms with Crippen molar-refractivity contribution < 1.29 is 27.7 Å². The molecule has 0 amide bonds. The van der Waals surface area contributed by atoms with Gasteiger partial charge in [-0.3, -0.25) is 4.57 Å². The maximum Gasteiger partial charge on any atom is 0.494 e. The largest absolute Gasteiger partial charge is 0.496 e. The molecule has 0 aromatic heterocycles. The van der Waals surface area contributed by atoms with Crippen LogP contribution in [-0.2, 0) is 22.9 Å². The summed E-state index contributed by atoms with van der Waals surface area (Å²) in [5, 5.41) is 0.402. The molecule has 0 atom stereocenters. The van der Waals surface area contributed by atoms with Gasteiger partial charge in [0.2, 0.25) is 0 Å². The van der Waals surface area contributed by atoms with E-state index in [-0.39, 0.29) is 13.2 Å². The van der Waals surface area contributed by atoms with Gasteiger partial charge in [-0.2, -0.15) is 0 Å². The van der Waals surface area contributed by atoms with Crippen LogP contribution >= 0.6 is 7.60 Å². The molecule has 0 unspecified atom stereocenters. The summed E-state index contributed by atoms with van der Waals surface area (Å²) in [6, 6.07) is 5.28. The van der Waals surface area contributed by atoms with E-state index in [0.717, 1.165) is 5.46 Å². The third kappa shape index (κ3) is 3.96. The lowest BCUT2D eigenvalue weighted by molar-refractivity contribution is 0.00578. The molecule has 0 spiro atoms. The first-order chi connectivity index (χ1) is 11.6. The molecule has 8 heteroatoms. The summed E-state index contributed by atoms with van der Waals surface area (Å²) in [6.07, 6.45) is 0. The van der Waals surface area contributed by atoms with Crippen LogP contribution in [0.4, 0.5) is 0 Å². The van der Waals surface area contributed by atoms with Crippen LogP contribution in [0.2, 0.25) is 0 Å². The molecule has 1 aliphatic heterocycles. The van der Waals surface area contributed by atoms with E-state index < -0.39 is 25.9 Å². The summed E-state index contributed by atoms with van der Waals surface area (Å²) in [4.78, 5) is 0. The van der Waals surface area contributed by atoms with Crippen molar-refractivity contribution in [1.82, 2.24) is 0 Å². The van der Waals surface area contributed by atoms with Crippen LogP contribution in [0.1, 0.15) is 41.5 Å². The number of ether oxygens (including phenoxy) is 1. The molecule has 6 nitrogen and oxygen atoms in total. The second-order valence-corrected chi connectivity index (χ2v) is 8.85. The monoisotopic (exact) mass is 370 g/mol. The Morgan fingerprint density at radius 2 is 1.56 bits per heavy atom. The van der Waals surface area contributed by atoms with Gasteiger partial charge in [-0.05, 0) is 59.1 Å². The summed E-state index contributed by atoms with van der Waals surface area (Å²) >= 11 is 0. The van der Waals surface area contributed by atoms with Gasteiger partial charge < -0.3 is 23.1 Å². The van der Waals surface area contributed by atoms with E-state index in [1.54, 1.807) is 26.0 Å². The molecule has 1 fully saturated rings. The molecule has 1 saturated heterocycles. The summed E-state index contributed by atoms with van der Waals surface area (Å²) in [5.41, 5.74) is -0.0795. The van der Waals surface area contributed by atoms with E-state index >= 15 is 0 Å². The van der Waals surface area contributed by atoms with Gasteiger partial charge in [-0.15, -0.1) is 0 Å². The Kier molecular flexibility index (Phi) is 6.07. The van der Waals surface area contributed by atoms with Crippen LogP contribution in [0, 0.1) is 0 Å². The van der Waals surface area contributed by atoms with Gasteiger partial charge >= 0.3 is 14.7 Å². The lowest BCUT2D eigenvalue weighted by Crippen LogP contribution is -2.41. The SMILES string of the molecule is CCOP(=O)(OCC)c1ccc(B2OC(C)(C)C(C)(C)O2)cc1OC. The minimum atomic E-state index is -3.44. The standard InChI is InChI=1S/C17H28BO6P/c1-8-21-25(19,22-9-2)15-11-10-13(12-14(15)20-7)18-23-16(3,4)17(5,6)24-18/h10-12H,8-9H2,1-7H3. The molecule has 0 saturated carbocycles. The van der Waals surface area contributed by atoms with Gasteiger partial charge in [0, 0.05) is 0 Å². The molecule has 0 bridgehead atoms. The molecular weight excluding hydrogens is 342 g/mol. The second-order valence-electron chi connectivity index (χ2n) is 6.85. The van der Waals surface area contributed by atoms with Crippen LogP contribution in [-0.4, -0.2) is 38.6 Å². The number of rotatable bonds is 7. The minimum absolute atomic E-state index is 0.277. The average molecular weight is 370 g/mol. The van der Waals surface area contributed by atoms with Crippen molar-refractivity contribution in [2.24, 2.45) is 0 Å². The molecular formula is C17H28BO6P. The molecule has 1 aromatic carbocycles. The van der Waals surface area contributed by atoms with Crippen LogP contribution in [0.15, 0.2) is 18.2 Å². The van der Waals surface area contributed by atoms with Crippen molar-refractivity contribution in [2.45, 2.75) is 52.7 Å². The fourth-order valence-electron chi connectivity index (χ4n) is 2.56. The minimum Gasteiger partial charge on any atom is -0.496 e. The molecule has 140 valence electrons. The Balaban J connectivity index is 2.39. The van der Waals surface area contributed by atoms with Crippen LogP contribution in [0.3, 0.4) is 0 Å². The molecule has 2 rings (SSSR count). The Hall–Kier alpha value is -0.845. The zero-order valence-corrected chi connectivity index (χ0v) is 17.0. The number of methoxy groups -OCH3 is 1. The fraction of sp³-hybridized carbons (Fsp3) is 0.647. The first-order valence-corrected chi connectivity index (χ1v) is 10.1. The van der Waals surface area contributed by atoms with Gasteiger partial charge in [-0.25, -0.2) is 0 Å². The van der Waals surface area contributed by atoms with Crippen molar-refractivity contribution in [3.05, 3.63) is 18.2 Å². The third-order valence-corrected chi connectivity index (χ3v) is 6.78. The van der Waals surface area contributed by atoms with Crippen molar-refractivity contribution in [2.75, 3.05) is 20.3 Å². The first-order valence-electron chi connectivity index (χ1n) is 8.53. The van der Waals surface area contributed by atoms with Gasteiger partial charge in [0.15, 0.2) is 0 Å². The smallest absolute Gasteiger partial charge is 0.494 e. The molecule has 0 N–H and O–H groups in total. The zero-order chi connectivity index (χ0) is 18.9. The predicted octanol–water partition coefficient (Wildman–Crippen LogP) is 2.89. The molecule has 0 radical (unpaired) electrons. The summed E-state index contributed by atoms with van der Waals surface area (Å²) < 4.78 is 41.5. The normalized spacial score (nSPS) is 19.2. The highest BCUT2D eigenvalue weighted by Gasteiger charge is 2.52. The third-order valence-electron chi connectivity index (χ3n) is 4.62. The molecule has 0 aliphatic carbocycles. The van der Waals surface area contributed by atoms with E-state index in [4.69, 9.17) is 23.1 Å². The maximum absolute atomic E-state index is 13.0. The lowest BCUT2D eigenvalue weighted by atomic mass is 9.79. The van der Waals surface area contributed by atoms with Crippen LogP contribution < -0.4 is 15.5 Å². The van der Waals surface area contributed by atoms with Crippen molar-refractivity contribution >= 4 is 25.5 Å². The quantitative estimate of drug-likeness (QED) is 0.543. The first kappa shape index (κ1) is 20.5. The Morgan fingerprint density at radius 3 is 2.00 bits per heavy atom. The Labute approximate surface area is 150 Å². The molecule has 1 heterocycles. The number of hydrogen-bond acceptors (Lipinski definition) is 6. The summed E-state index contributed by atoms with van der Waals surface area (Å²) in [7, 11) is -2.43. The van der Waals surface area contributed by atoms with E-state index in [2.05, 4.69) is 0 Å². The van der Waals surface area contributed by atoms with Gasteiger partial charge in [-0.1, -0.05) is 6.07 Å². The lowest BCUT2D eigenvalue weighted by Gasteiger charge is -2.32. The topological polar surface area (TPSA) is 63.2 Å². The fourth-order valence-corrected chi connectivity index (χ4v) is 4.28. The van der Waals surface area contributed by atoms with Crippen LogP contribution in [0.5, 0.6) is 5.75 Å². The predicted molar refractivity (Wildman–Crippen MR) is 99.2 cm³/mol. The molecule has 1 aromatic rings. The zero-order valence-electron chi connectivity index (χ0n) is 16.1. The van der Waals surface area contributed by atoms with Crippen molar-refractivity contribution in [1.29, 1.82) is 0 Å². The van der Waals surface area contributed by atoms with E-state index in [1.807, 2.05) is 33.8 Å². The highest BCUT2D eigenvalue weighted by Crippen LogP contribution is 2.49. The van der Waals surface area contributed by atoms with Crippen molar-refractivity contribution in [3.8, 4) is 5.75 Å². The van der Waals surface area contributed by atoms with Gasteiger partial charge in [0.25, 0.3) is 0 Å². The van der Waals surface area contributed by atoms with E-state index in [9.17, 15) is 4.57 Å². The Morgan fingerprint density at radius 1 is 1.04 bits per heavy atom. The van der Waals surface area contributed by atoms with E-state index in [0.29, 0.717) is 11.1 Å². The second kappa shape index (κ2) is 7.41. The Bertz CT molecular complexity index is 635. The number of hydrogen-bond donors (Lipinski definition) is 0. The van der Waals surface area contributed by atoms with Gasteiger partial charge in [0.05, 0.1) is 31.5 Å². The number of benzene rings is 1. The van der Waals surface area contributed by atoms with Gasteiger partial charge in [0.1, 0.15) is 11.1 Å². The molecule has 1 aliphatic rings. The highest BCUT2D eigenvalue weighted by molar-refractivity contribution is 7.62. The average Bonchev–Trinajstić information content (AvgIpc) is 2.75. The maximum atomic E-state index is 13.0. The van der Waals surface area contributed by atoms with Crippen LogP contribution in [0.25, 0.3) is 0 Å².